The van der Waals surface area contributed by atoms with Gasteiger partial charge in [-0.05, 0) is 48.7 Å². The van der Waals surface area contributed by atoms with Crippen molar-refractivity contribution in [3.8, 4) is 6.07 Å². The second-order valence-corrected chi connectivity index (χ2v) is 8.69. The summed E-state index contributed by atoms with van der Waals surface area (Å²) in [4.78, 5) is 4.61. The molecule has 5 nitrogen and oxygen atoms in total. The van der Waals surface area contributed by atoms with E-state index in [1.54, 1.807) is 4.90 Å². The van der Waals surface area contributed by atoms with E-state index in [-0.39, 0.29) is 16.3 Å². The molecular weight excluding hydrogens is 422 g/mol. The van der Waals surface area contributed by atoms with Crippen molar-refractivity contribution in [3.05, 3.63) is 59.7 Å². The van der Waals surface area contributed by atoms with Crippen LogP contribution in [0, 0.1) is 17.1 Å². The van der Waals surface area contributed by atoms with Crippen LogP contribution in [0.25, 0.3) is 10.8 Å². The molecule has 0 spiro atoms. The molecule has 2 aromatic carbocycles. The molecule has 0 unspecified atom stereocenters. The summed E-state index contributed by atoms with van der Waals surface area (Å²) < 4.78 is 77.4. The van der Waals surface area contributed by atoms with Crippen molar-refractivity contribution in [1.82, 2.24) is 4.98 Å². The highest BCUT2D eigenvalue weighted by Gasteiger charge is 2.47. The highest BCUT2D eigenvalue weighted by atomic mass is 32.2. The van der Waals surface area contributed by atoms with Gasteiger partial charge in [0.05, 0.1) is 16.1 Å². The Kier molecular flexibility index (Phi) is 4.66. The standard InChI is InChI=1S/C20H13F4N3O2S/c21-14-8-12-2-1-7-27(19(12)13(9-14)10-25)17-3-4-18(30(28,29)20(22,23)24)16-11-26-6-5-15(16)17/h3-6,8-9,11H,1-2,7H2. The zero-order chi connectivity index (χ0) is 21.7. The van der Waals surface area contributed by atoms with Crippen LogP contribution in [0.1, 0.15) is 17.5 Å². The smallest absolute Gasteiger partial charge is 0.340 e. The number of fused-ring (bicyclic) bond motifs is 2. The van der Waals surface area contributed by atoms with Gasteiger partial charge < -0.3 is 4.90 Å². The predicted octanol–water partition coefficient (Wildman–Crippen LogP) is 4.62. The minimum absolute atomic E-state index is 0.0962. The first kappa shape index (κ1) is 20.1. The lowest BCUT2D eigenvalue weighted by molar-refractivity contribution is -0.0435. The van der Waals surface area contributed by atoms with E-state index in [1.165, 1.54) is 24.4 Å². The number of aryl methyl sites for hydroxylation is 1. The lowest BCUT2D eigenvalue weighted by atomic mass is 9.96. The molecule has 3 aromatic rings. The number of halogens is 4. The molecule has 0 saturated heterocycles. The molecule has 0 atom stereocenters. The molecular formula is C20H13F4N3O2S. The molecule has 1 aliphatic heterocycles. The molecule has 0 fully saturated rings. The van der Waals surface area contributed by atoms with Crippen molar-refractivity contribution in [3.63, 3.8) is 0 Å². The molecule has 0 saturated carbocycles. The number of pyridine rings is 1. The number of hydrogen-bond acceptors (Lipinski definition) is 5. The molecule has 30 heavy (non-hydrogen) atoms. The maximum Gasteiger partial charge on any atom is 0.501 e. The lowest BCUT2D eigenvalue weighted by Crippen LogP contribution is -2.27. The highest BCUT2D eigenvalue weighted by molar-refractivity contribution is 7.92. The average molecular weight is 435 g/mol. The zero-order valence-corrected chi connectivity index (χ0v) is 16.1. The number of anilines is 2. The minimum Gasteiger partial charge on any atom is -0.340 e. The van der Waals surface area contributed by atoms with Gasteiger partial charge in [-0.15, -0.1) is 0 Å². The molecule has 4 rings (SSSR count). The van der Waals surface area contributed by atoms with Crippen molar-refractivity contribution in [2.45, 2.75) is 23.2 Å². The summed E-state index contributed by atoms with van der Waals surface area (Å²) in [7, 11) is -5.59. The summed E-state index contributed by atoms with van der Waals surface area (Å²) >= 11 is 0. The Morgan fingerprint density at radius 1 is 1.13 bits per heavy atom. The van der Waals surface area contributed by atoms with Crippen LogP contribution in [0.4, 0.5) is 28.9 Å². The maximum absolute atomic E-state index is 13.9. The summed E-state index contributed by atoms with van der Waals surface area (Å²) in [6, 6.07) is 7.98. The van der Waals surface area contributed by atoms with E-state index >= 15 is 0 Å². The van der Waals surface area contributed by atoms with Crippen molar-refractivity contribution < 1.29 is 26.0 Å². The largest absolute Gasteiger partial charge is 0.501 e. The molecule has 2 heterocycles. The predicted molar refractivity (Wildman–Crippen MR) is 101 cm³/mol. The first-order chi connectivity index (χ1) is 14.1. The number of hydrogen-bond donors (Lipinski definition) is 0. The third-order valence-corrected chi connectivity index (χ3v) is 6.56. The van der Waals surface area contributed by atoms with Crippen molar-refractivity contribution in [1.29, 1.82) is 5.26 Å². The summed E-state index contributed by atoms with van der Waals surface area (Å²) in [6.07, 6.45) is 3.57. The number of benzene rings is 2. The third-order valence-electron chi connectivity index (χ3n) is 5.01. The highest BCUT2D eigenvalue weighted by Crippen LogP contribution is 2.42. The first-order valence-corrected chi connectivity index (χ1v) is 10.3. The number of aromatic nitrogens is 1. The van der Waals surface area contributed by atoms with Gasteiger partial charge in [0.25, 0.3) is 9.84 Å². The summed E-state index contributed by atoms with van der Waals surface area (Å²) in [5.74, 6) is -0.548. The van der Waals surface area contributed by atoms with Gasteiger partial charge in [-0.25, -0.2) is 12.8 Å². The van der Waals surface area contributed by atoms with Crippen molar-refractivity contribution in [2.24, 2.45) is 0 Å². The number of sulfone groups is 1. The molecule has 0 bridgehead atoms. The van der Waals surface area contributed by atoms with Crippen LogP contribution in [0.5, 0.6) is 0 Å². The fourth-order valence-electron chi connectivity index (χ4n) is 3.77. The van der Waals surface area contributed by atoms with E-state index in [2.05, 4.69) is 4.98 Å². The normalized spacial score (nSPS) is 14.4. The average Bonchev–Trinajstić information content (AvgIpc) is 2.70. The fraction of sp³-hybridized carbons (Fsp3) is 0.200. The molecule has 10 heteroatoms. The van der Waals surface area contributed by atoms with Crippen LogP contribution in [0.3, 0.4) is 0 Å². The molecule has 154 valence electrons. The topological polar surface area (TPSA) is 74.1 Å². The Morgan fingerprint density at radius 3 is 2.60 bits per heavy atom. The second kappa shape index (κ2) is 6.95. The summed E-state index contributed by atoms with van der Waals surface area (Å²) in [5.41, 5.74) is -3.88. The van der Waals surface area contributed by atoms with Gasteiger partial charge in [-0.3, -0.25) is 4.98 Å². The Bertz CT molecular complexity index is 1310. The maximum atomic E-state index is 13.9. The van der Waals surface area contributed by atoms with Crippen LogP contribution in [0.15, 0.2) is 47.6 Å². The number of alkyl halides is 3. The Hall–Kier alpha value is -3.19. The van der Waals surface area contributed by atoms with Gasteiger partial charge in [0.15, 0.2) is 0 Å². The van der Waals surface area contributed by atoms with E-state index in [0.29, 0.717) is 36.3 Å². The molecule has 0 N–H and O–H groups in total. The fourth-order valence-corrected chi connectivity index (χ4v) is 4.72. The van der Waals surface area contributed by atoms with Gasteiger partial charge in [-0.1, -0.05) is 0 Å². The monoisotopic (exact) mass is 435 g/mol. The van der Waals surface area contributed by atoms with Gasteiger partial charge in [0.1, 0.15) is 11.9 Å². The first-order valence-electron chi connectivity index (χ1n) is 8.83. The molecule has 1 aromatic heterocycles. The summed E-state index contributed by atoms with van der Waals surface area (Å²) in [5, 5.41) is 9.53. The number of nitrogens with zero attached hydrogens (tertiary/aromatic N) is 3. The lowest BCUT2D eigenvalue weighted by Gasteiger charge is -2.33. The summed E-state index contributed by atoms with van der Waals surface area (Å²) in [6.45, 7) is 0.427. The third kappa shape index (κ3) is 3.06. The van der Waals surface area contributed by atoms with Gasteiger partial charge in [-0.2, -0.15) is 18.4 Å². The van der Waals surface area contributed by atoms with Crippen LogP contribution < -0.4 is 4.90 Å². The zero-order valence-electron chi connectivity index (χ0n) is 15.2. The number of rotatable bonds is 2. The van der Waals surface area contributed by atoms with Gasteiger partial charge in [0, 0.05) is 35.4 Å². The van der Waals surface area contributed by atoms with E-state index in [9.17, 15) is 31.2 Å². The molecule has 0 amide bonds. The van der Waals surface area contributed by atoms with E-state index in [4.69, 9.17) is 0 Å². The molecule has 1 aliphatic rings. The van der Waals surface area contributed by atoms with Crippen LogP contribution in [-0.4, -0.2) is 25.5 Å². The van der Waals surface area contributed by atoms with Crippen LogP contribution in [0.2, 0.25) is 0 Å². The minimum atomic E-state index is -5.59. The van der Waals surface area contributed by atoms with E-state index < -0.39 is 26.1 Å². The van der Waals surface area contributed by atoms with Crippen molar-refractivity contribution >= 4 is 32.0 Å². The Labute approximate surface area is 169 Å². The van der Waals surface area contributed by atoms with Crippen LogP contribution in [-0.2, 0) is 16.3 Å². The second-order valence-electron chi connectivity index (χ2n) is 6.78. The van der Waals surface area contributed by atoms with Gasteiger partial charge in [0.2, 0.25) is 0 Å². The van der Waals surface area contributed by atoms with Crippen molar-refractivity contribution in [2.75, 3.05) is 11.4 Å². The molecule has 0 aliphatic carbocycles. The van der Waals surface area contributed by atoms with Crippen LogP contribution >= 0.6 is 0 Å². The Morgan fingerprint density at radius 2 is 1.90 bits per heavy atom. The van der Waals surface area contributed by atoms with Gasteiger partial charge >= 0.3 is 5.51 Å². The Balaban J connectivity index is 1.99. The van der Waals surface area contributed by atoms with E-state index in [1.807, 2.05) is 6.07 Å². The SMILES string of the molecule is N#Cc1cc(F)cc2c1N(c1ccc(S(=O)(=O)C(F)(F)F)c3cnccc13)CCC2. The van der Waals surface area contributed by atoms with E-state index in [0.717, 1.165) is 18.3 Å². The number of nitriles is 1. The molecule has 0 radical (unpaired) electrons. The quantitative estimate of drug-likeness (QED) is 0.549.